The second-order valence-corrected chi connectivity index (χ2v) is 7.61. The molecule has 0 atom stereocenters. The highest BCUT2D eigenvalue weighted by Crippen LogP contribution is 2.30. The zero-order chi connectivity index (χ0) is 13.2. The topological polar surface area (TPSA) is 50.3 Å². The Morgan fingerprint density at radius 2 is 1.94 bits per heavy atom. The number of halogens is 1. The van der Waals surface area contributed by atoms with Crippen molar-refractivity contribution in [3.8, 4) is 0 Å². The molecule has 1 heterocycles. The lowest BCUT2D eigenvalue weighted by atomic mass is 10.2. The van der Waals surface area contributed by atoms with Crippen LogP contribution in [0.2, 0.25) is 4.47 Å². The number of nitrogens with zero attached hydrogens (tertiary/aromatic N) is 2. The summed E-state index contributed by atoms with van der Waals surface area (Å²) in [5, 5.41) is 0. The molecule has 0 amide bonds. The normalized spacial score (nSPS) is 12.6. The Balaban J connectivity index is 3.15. The first-order valence-electron chi connectivity index (χ1n) is 5.45. The third-order valence-electron chi connectivity index (χ3n) is 2.80. The van der Waals surface area contributed by atoms with Crippen molar-refractivity contribution < 1.29 is 8.42 Å². The van der Waals surface area contributed by atoms with E-state index >= 15 is 0 Å². The molecular weight excluding hydrogens is 280 g/mol. The van der Waals surface area contributed by atoms with Crippen LogP contribution < -0.4 is 0 Å². The molecule has 1 aromatic heterocycles. The molecule has 1 rings (SSSR count). The smallest absolute Gasteiger partial charge is 0.229 e. The van der Waals surface area contributed by atoms with E-state index in [9.17, 15) is 8.42 Å². The highest BCUT2D eigenvalue weighted by atomic mass is 35.5. The van der Waals surface area contributed by atoms with Gasteiger partial charge in [0.15, 0.2) is 8.68 Å². The first-order chi connectivity index (χ1) is 7.84. The van der Waals surface area contributed by atoms with Gasteiger partial charge in [0.2, 0.25) is 0 Å². The Labute approximate surface area is 112 Å². The average Bonchev–Trinajstić information content (AvgIpc) is 2.60. The van der Waals surface area contributed by atoms with Crippen LogP contribution >= 0.6 is 22.9 Å². The summed E-state index contributed by atoms with van der Waals surface area (Å²) >= 11 is 6.76. The summed E-state index contributed by atoms with van der Waals surface area (Å²) in [6, 6.07) is 0.0141. The summed E-state index contributed by atoms with van der Waals surface area (Å²) in [5.74, 6) is 0. The maximum Gasteiger partial charge on any atom is 0.254 e. The van der Waals surface area contributed by atoms with Crippen LogP contribution in [0.15, 0.2) is 4.21 Å². The number of rotatable bonds is 5. The van der Waals surface area contributed by atoms with Crippen LogP contribution in [0.4, 0.5) is 0 Å². The number of hydrogen-bond donors (Lipinski definition) is 0. The standard InChI is InChI=1S/C10H17ClN2O2S2/c1-5-8(6-2)13(4)17(14,15)9-7(3)12-10(11)16-9/h8H,5-6H2,1-4H3. The third-order valence-corrected chi connectivity index (χ3v) is 6.56. The largest absolute Gasteiger partial charge is 0.254 e. The van der Waals surface area contributed by atoms with Crippen LogP contribution in [0.25, 0.3) is 0 Å². The minimum absolute atomic E-state index is 0.0141. The first-order valence-corrected chi connectivity index (χ1v) is 8.09. The quantitative estimate of drug-likeness (QED) is 0.839. The van der Waals surface area contributed by atoms with Gasteiger partial charge in [-0.1, -0.05) is 36.8 Å². The van der Waals surface area contributed by atoms with E-state index in [1.807, 2.05) is 13.8 Å². The van der Waals surface area contributed by atoms with Crippen molar-refractivity contribution in [2.75, 3.05) is 7.05 Å². The van der Waals surface area contributed by atoms with Crippen molar-refractivity contribution in [2.45, 2.75) is 43.9 Å². The van der Waals surface area contributed by atoms with Gasteiger partial charge in [-0.15, -0.1) is 0 Å². The molecule has 0 saturated heterocycles. The molecule has 98 valence electrons. The van der Waals surface area contributed by atoms with Gasteiger partial charge in [-0.3, -0.25) is 0 Å². The van der Waals surface area contributed by atoms with E-state index in [2.05, 4.69) is 4.98 Å². The van der Waals surface area contributed by atoms with Gasteiger partial charge < -0.3 is 0 Å². The number of thiazole rings is 1. The molecule has 0 saturated carbocycles. The van der Waals surface area contributed by atoms with E-state index in [0.717, 1.165) is 24.2 Å². The number of aromatic nitrogens is 1. The fourth-order valence-electron chi connectivity index (χ4n) is 1.72. The highest BCUT2D eigenvalue weighted by Gasteiger charge is 2.29. The Kier molecular flexibility index (Phi) is 4.95. The Hall–Kier alpha value is -0.170. The van der Waals surface area contributed by atoms with Gasteiger partial charge in [-0.25, -0.2) is 13.4 Å². The first kappa shape index (κ1) is 14.9. The summed E-state index contributed by atoms with van der Waals surface area (Å²) < 4.78 is 26.7. The van der Waals surface area contributed by atoms with Crippen molar-refractivity contribution in [3.63, 3.8) is 0 Å². The number of hydrogen-bond acceptors (Lipinski definition) is 4. The van der Waals surface area contributed by atoms with Gasteiger partial charge in [0.05, 0.1) is 5.69 Å². The van der Waals surface area contributed by atoms with Crippen molar-refractivity contribution in [3.05, 3.63) is 10.2 Å². The molecule has 0 radical (unpaired) electrons. The molecular formula is C10H17ClN2O2S2. The SMILES string of the molecule is CCC(CC)N(C)S(=O)(=O)c1sc(Cl)nc1C. The van der Waals surface area contributed by atoms with E-state index in [1.165, 1.54) is 4.31 Å². The van der Waals surface area contributed by atoms with Gasteiger partial charge in [-0.2, -0.15) is 4.31 Å². The minimum atomic E-state index is -3.47. The van der Waals surface area contributed by atoms with E-state index in [1.54, 1.807) is 14.0 Å². The van der Waals surface area contributed by atoms with Crippen LogP contribution in [0.1, 0.15) is 32.4 Å². The molecule has 0 aromatic carbocycles. The monoisotopic (exact) mass is 296 g/mol. The Morgan fingerprint density at radius 3 is 2.29 bits per heavy atom. The fraction of sp³-hybridized carbons (Fsp3) is 0.700. The van der Waals surface area contributed by atoms with Gasteiger partial charge in [0.25, 0.3) is 10.0 Å². The molecule has 1 aromatic rings. The zero-order valence-electron chi connectivity index (χ0n) is 10.4. The average molecular weight is 297 g/mol. The lowest BCUT2D eigenvalue weighted by Crippen LogP contribution is -2.36. The molecule has 0 unspecified atom stereocenters. The van der Waals surface area contributed by atoms with Crippen molar-refractivity contribution >= 4 is 33.0 Å². The second kappa shape index (κ2) is 5.65. The van der Waals surface area contributed by atoms with Crippen molar-refractivity contribution in [1.29, 1.82) is 0 Å². The molecule has 0 aliphatic rings. The predicted molar refractivity (Wildman–Crippen MR) is 71.2 cm³/mol. The molecule has 0 spiro atoms. The third kappa shape index (κ3) is 2.99. The van der Waals surface area contributed by atoms with Crippen LogP contribution in [0.5, 0.6) is 0 Å². The van der Waals surface area contributed by atoms with E-state index in [0.29, 0.717) is 5.69 Å². The second-order valence-electron chi connectivity index (χ2n) is 3.83. The summed E-state index contributed by atoms with van der Waals surface area (Å²) in [7, 11) is -1.86. The molecule has 4 nitrogen and oxygen atoms in total. The van der Waals surface area contributed by atoms with Crippen LogP contribution in [-0.4, -0.2) is 30.8 Å². The Bertz CT molecular complexity index is 480. The molecule has 17 heavy (non-hydrogen) atoms. The minimum Gasteiger partial charge on any atom is -0.229 e. The van der Waals surface area contributed by atoms with Gasteiger partial charge in [-0.05, 0) is 19.8 Å². The summed E-state index contributed by atoms with van der Waals surface area (Å²) in [6.07, 6.45) is 1.58. The zero-order valence-corrected chi connectivity index (χ0v) is 12.8. The predicted octanol–water partition coefficient (Wildman–Crippen LogP) is 2.91. The molecule has 0 bridgehead atoms. The van der Waals surface area contributed by atoms with Crippen molar-refractivity contribution in [2.24, 2.45) is 0 Å². The summed E-state index contributed by atoms with van der Waals surface area (Å²) in [6.45, 7) is 5.62. The van der Waals surface area contributed by atoms with Gasteiger partial charge in [0.1, 0.15) is 0 Å². The number of sulfonamides is 1. The van der Waals surface area contributed by atoms with E-state index in [4.69, 9.17) is 11.6 Å². The molecule has 0 fully saturated rings. The van der Waals surface area contributed by atoms with Gasteiger partial charge in [0, 0.05) is 13.1 Å². The molecule has 7 heteroatoms. The lowest BCUT2D eigenvalue weighted by molar-refractivity contribution is 0.350. The van der Waals surface area contributed by atoms with Crippen LogP contribution in [-0.2, 0) is 10.0 Å². The lowest BCUT2D eigenvalue weighted by Gasteiger charge is -2.24. The molecule has 0 aliphatic carbocycles. The van der Waals surface area contributed by atoms with E-state index < -0.39 is 10.0 Å². The van der Waals surface area contributed by atoms with Gasteiger partial charge >= 0.3 is 0 Å². The van der Waals surface area contributed by atoms with Crippen molar-refractivity contribution in [1.82, 2.24) is 9.29 Å². The molecule has 0 N–H and O–H groups in total. The summed E-state index contributed by atoms with van der Waals surface area (Å²) in [5.41, 5.74) is 0.470. The molecule has 0 aliphatic heterocycles. The maximum absolute atomic E-state index is 12.4. The Morgan fingerprint density at radius 1 is 1.41 bits per heavy atom. The maximum atomic E-state index is 12.4. The number of aryl methyl sites for hydroxylation is 1. The van der Waals surface area contributed by atoms with E-state index in [-0.39, 0.29) is 14.7 Å². The highest BCUT2D eigenvalue weighted by molar-refractivity contribution is 7.91. The fourth-order valence-corrected chi connectivity index (χ4v) is 5.13. The van der Waals surface area contributed by atoms with Crippen LogP contribution in [0.3, 0.4) is 0 Å². The summed E-state index contributed by atoms with van der Waals surface area (Å²) in [4.78, 5) is 3.95. The van der Waals surface area contributed by atoms with Crippen LogP contribution in [0, 0.1) is 6.92 Å².